The summed E-state index contributed by atoms with van der Waals surface area (Å²) in [7, 11) is 3.18. The lowest BCUT2D eigenvalue weighted by Crippen LogP contribution is -2.29. The first kappa shape index (κ1) is 24.5. The van der Waals surface area contributed by atoms with Crippen LogP contribution in [0.2, 0.25) is 0 Å². The zero-order valence-electron chi connectivity index (χ0n) is 20.5. The number of benzene rings is 2. The number of aliphatic hydroxyl groups excluding tert-OH is 1. The van der Waals surface area contributed by atoms with Crippen LogP contribution in [0.1, 0.15) is 52.9 Å². The molecule has 35 heavy (non-hydrogen) atoms. The van der Waals surface area contributed by atoms with Crippen molar-refractivity contribution >= 4 is 28.8 Å². The average molecular weight is 492 g/mol. The third-order valence-corrected chi connectivity index (χ3v) is 7.26. The van der Waals surface area contributed by atoms with E-state index in [4.69, 9.17) is 9.47 Å². The number of hydrogen-bond donors (Lipinski definition) is 1. The number of hydrogen-bond acceptors (Lipinski definition) is 6. The lowest BCUT2D eigenvalue weighted by atomic mass is 9.92. The van der Waals surface area contributed by atoms with Gasteiger partial charge in [0.2, 0.25) is 0 Å². The molecule has 0 radical (unpaired) electrons. The summed E-state index contributed by atoms with van der Waals surface area (Å²) in [5, 5.41) is 13.4. The number of ketones is 1. The van der Waals surface area contributed by atoms with Crippen molar-refractivity contribution in [2.24, 2.45) is 0 Å². The Kier molecular flexibility index (Phi) is 6.98. The van der Waals surface area contributed by atoms with Crippen LogP contribution in [0.3, 0.4) is 0 Å². The Labute approximate surface area is 209 Å². The first-order valence-electron chi connectivity index (χ1n) is 11.4. The summed E-state index contributed by atoms with van der Waals surface area (Å²) in [5.41, 5.74) is 3.06. The van der Waals surface area contributed by atoms with Gasteiger partial charge in [0.25, 0.3) is 11.7 Å². The van der Waals surface area contributed by atoms with Crippen LogP contribution in [0.4, 0.5) is 0 Å². The number of nitrogens with zero attached hydrogens (tertiary/aromatic N) is 1. The minimum absolute atomic E-state index is 0.0929. The van der Waals surface area contributed by atoms with Crippen LogP contribution >= 0.6 is 11.3 Å². The van der Waals surface area contributed by atoms with E-state index in [1.54, 1.807) is 14.2 Å². The van der Waals surface area contributed by atoms with Gasteiger partial charge in [0.1, 0.15) is 17.3 Å². The topological polar surface area (TPSA) is 76.1 Å². The summed E-state index contributed by atoms with van der Waals surface area (Å²) >= 11 is 1.44. The van der Waals surface area contributed by atoms with Gasteiger partial charge in [-0.2, -0.15) is 0 Å². The largest absolute Gasteiger partial charge is 0.507 e. The molecular weight excluding hydrogens is 462 g/mol. The minimum atomic E-state index is -0.705. The summed E-state index contributed by atoms with van der Waals surface area (Å²) in [6.45, 7) is 6.10. The van der Waals surface area contributed by atoms with E-state index in [1.165, 1.54) is 16.2 Å². The number of thiophene rings is 1. The van der Waals surface area contributed by atoms with Gasteiger partial charge in [-0.25, -0.2) is 0 Å². The monoisotopic (exact) mass is 491 g/mol. The van der Waals surface area contributed by atoms with Crippen molar-refractivity contribution in [1.29, 1.82) is 0 Å². The second-order valence-corrected chi connectivity index (χ2v) is 9.80. The van der Waals surface area contributed by atoms with E-state index in [9.17, 15) is 14.7 Å². The molecule has 1 fully saturated rings. The second kappa shape index (κ2) is 9.96. The van der Waals surface area contributed by atoms with Gasteiger partial charge in [0.05, 0.1) is 32.4 Å². The van der Waals surface area contributed by atoms with E-state index in [0.29, 0.717) is 11.3 Å². The zero-order valence-corrected chi connectivity index (χ0v) is 21.3. The van der Waals surface area contributed by atoms with E-state index in [0.717, 1.165) is 27.3 Å². The molecule has 1 unspecified atom stereocenters. The first-order valence-corrected chi connectivity index (χ1v) is 12.3. The number of rotatable bonds is 7. The van der Waals surface area contributed by atoms with Gasteiger partial charge in [-0.3, -0.25) is 9.59 Å². The van der Waals surface area contributed by atoms with Gasteiger partial charge in [-0.05, 0) is 53.6 Å². The molecule has 2 heterocycles. The number of ether oxygens (including phenoxy) is 2. The molecule has 0 aliphatic carbocycles. The number of amides is 1. The van der Waals surface area contributed by atoms with Crippen LogP contribution in [-0.4, -0.2) is 35.9 Å². The fourth-order valence-electron chi connectivity index (χ4n) is 4.53. The van der Waals surface area contributed by atoms with Crippen LogP contribution in [0.15, 0.2) is 59.5 Å². The van der Waals surface area contributed by atoms with Gasteiger partial charge in [0.15, 0.2) is 0 Å². The predicted octanol–water partition coefficient (Wildman–Crippen LogP) is 5.82. The van der Waals surface area contributed by atoms with E-state index in [1.807, 2.05) is 74.7 Å². The summed E-state index contributed by atoms with van der Waals surface area (Å²) in [4.78, 5) is 29.0. The maximum atomic E-state index is 13.4. The lowest BCUT2D eigenvalue weighted by Gasteiger charge is -2.25. The highest BCUT2D eigenvalue weighted by Crippen LogP contribution is 2.43. The maximum absolute atomic E-state index is 13.4. The molecular formula is C28H29NO5S. The van der Waals surface area contributed by atoms with Crippen LogP contribution in [-0.2, 0) is 16.1 Å². The Hall–Kier alpha value is -3.58. The Morgan fingerprint density at radius 3 is 2.40 bits per heavy atom. The average Bonchev–Trinajstić information content (AvgIpc) is 3.46. The van der Waals surface area contributed by atoms with Crippen molar-refractivity contribution in [1.82, 2.24) is 4.90 Å². The molecule has 0 bridgehead atoms. The third kappa shape index (κ3) is 4.44. The molecule has 1 aliphatic heterocycles. The Balaban J connectivity index is 1.89. The lowest BCUT2D eigenvalue weighted by molar-refractivity contribution is -0.140. The van der Waals surface area contributed by atoms with Crippen molar-refractivity contribution in [3.8, 4) is 11.5 Å². The number of carbonyl (C=O) groups is 2. The fraction of sp³-hybridized carbons (Fsp3) is 0.286. The van der Waals surface area contributed by atoms with E-state index in [-0.39, 0.29) is 23.8 Å². The van der Waals surface area contributed by atoms with Crippen LogP contribution in [0.5, 0.6) is 11.5 Å². The molecule has 4 rings (SSSR count). The summed E-state index contributed by atoms with van der Waals surface area (Å²) < 4.78 is 11.0. The summed E-state index contributed by atoms with van der Waals surface area (Å²) in [5.74, 6) is -0.0277. The standard InChI is InChI=1S/C28H29NO5S/c1-16(2)19-14-20(17(3)13-22(19)34-5)26(30)24-25(23-11-8-12-35-23)29(28(32)27(24)31)15-18-9-6-7-10-21(18)33-4/h6-14,16,25,30H,15H2,1-5H3/b26-24+. The van der Waals surface area contributed by atoms with Crippen molar-refractivity contribution < 1.29 is 24.2 Å². The third-order valence-electron chi connectivity index (χ3n) is 6.34. The maximum Gasteiger partial charge on any atom is 0.295 e. The molecule has 3 aromatic rings. The second-order valence-electron chi connectivity index (χ2n) is 8.82. The Morgan fingerprint density at radius 2 is 1.77 bits per heavy atom. The van der Waals surface area contributed by atoms with Gasteiger partial charge >= 0.3 is 0 Å². The van der Waals surface area contributed by atoms with Crippen LogP contribution in [0, 0.1) is 6.92 Å². The van der Waals surface area contributed by atoms with E-state index >= 15 is 0 Å². The van der Waals surface area contributed by atoms with Gasteiger partial charge < -0.3 is 19.5 Å². The van der Waals surface area contributed by atoms with Crippen molar-refractivity contribution in [2.75, 3.05) is 14.2 Å². The number of carbonyl (C=O) groups excluding carboxylic acids is 2. The molecule has 7 heteroatoms. The summed E-state index contributed by atoms with van der Waals surface area (Å²) in [6.07, 6.45) is 0. The zero-order chi connectivity index (χ0) is 25.3. The number of methoxy groups -OCH3 is 2. The summed E-state index contributed by atoms with van der Waals surface area (Å²) in [6, 6.07) is 14.2. The Bertz CT molecular complexity index is 1290. The number of para-hydroxylation sites is 1. The number of Topliss-reactive ketones (excluding diaryl/α,β-unsaturated/α-hetero) is 1. The van der Waals surface area contributed by atoms with Crippen LogP contribution < -0.4 is 9.47 Å². The fourth-order valence-corrected chi connectivity index (χ4v) is 5.37. The number of aryl methyl sites for hydroxylation is 1. The molecule has 1 aromatic heterocycles. The highest BCUT2D eigenvalue weighted by Gasteiger charge is 2.47. The van der Waals surface area contributed by atoms with Gasteiger partial charge in [0, 0.05) is 16.0 Å². The molecule has 0 spiro atoms. The SMILES string of the molecule is COc1ccccc1CN1C(=O)C(=O)/C(=C(/O)c2cc(C(C)C)c(OC)cc2C)C1c1cccs1. The van der Waals surface area contributed by atoms with Crippen molar-refractivity contribution in [2.45, 2.75) is 39.3 Å². The molecule has 182 valence electrons. The highest BCUT2D eigenvalue weighted by atomic mass is 32.1. The minimum Gasteiger partial charge on any atom is -0.507 e. The molecule has 1 saturated heterocycles. The number of aliphatic hydroxyl groups is 1. The van der Waals surface area contributed by atoms with E-state index in [2.05, 4.69) is 0 Å². The molecule has 2 aromatic carbocycles. The van der Waals surface area contributed by atoms with Crippen molar-refractivity contribution in [3.05, 3.63) is 86.6 Å². The molecule has 1 atom stereocenters. The normalized spacial score (nSPS) is 17.3. The molecule has 1 aliphatic rings. The van der Waals surface area contributed by atoms with Gasteiger partial charge in [-0.15, -0.1) is 11.3 Å². The molecule has 6 nitrogen and oxygen atoms in total. The molecule has 1 N–H and O–H groups in total. The molecule has 0 saturated carbocycles. The predicted molar refractivity (Wildman–Crippen MR) is 137 cm³/mol. The Morgan fingerprint density at radius 1 is 1.06 bits per heavy atom. The number of likely N-dealkylation sites (tertiary alicyclic amines) is 1. The highest BCUT2D eigenvalue weighted by molar-refractivity contribution is 7.10. The smallest absolute Gasteiger partial charge is 0.295 e. The van der Waals surface area contributed by atoms with Crippen LogP contribution in [0.25, 0.3) is 5.76 Å². The first-order chi connectivity index (χ1) is 16.8. The molecule has 1 amide bonds. The van der Waals surface area contributed by atoms with Gasteiger partial charge in [-0.1, -0.05) is 38.1 Å². The quantitative estimate of drug-likeness (QED) is 0.256. The van der Waals surface area contributed by atoms with Crippen molar-refractivity contribution in [3.63, 3.8) is 0 Å². The van der Waals surface area contributed by atoms with E-state index < -0.39 is 17.7 Å².